The van der Waals surface area contributed by atoms with Gasteiger partial charge in [0.05, 0.1) is 13.2 Å². The second kappa shape index (κ2) is 7.10. The first kappa shape index (κ1) is 20.6. The molecule has 4 atom stereocenters. The van der Waals surface area contributed by atoms with Gasteiger partial charge < -0.3 is 9.47 Å². The average molecular weight is 389 g/mol. The lowest BCUT2D eigenvalue weighted by atomic mass is 10.0. The van der Waals surface area contributed by atoms with Gasteiger partial charge in [-0.3, -0.25) is 4.90 Å². The van der Waals surface area contributed by atoms with Crippen LogP contribution in [-0.4, -0.2) is 73.9 Å². The summed E-state index contributed by atoms with van der Waals surface area (Å²) in [6.45, 7) is -0.330. The van der Waals surface area contributed by atoms with Gasteiger partial charge >= 0.3 is 18.0 Å². The first-order valence-electron chi connectivity index (χ1n) is 7.46. The lowest BCUT2D eigenvalue weighted by Crippen LogP contribution is -2.55. The Hall–Kier alpha value is -0.750. The van der Waals surface area contributed by atoms with Crippen LogP contribution in [0.5, 0.6) is 0 Å². The van der Waals surface area contributed by atoms with Gasteiger partial charge in [0.15, 0.2) is 0 Å². The minimum Gasteiger partial charge on any atom is -0.379 e. The standard InChI is InChI=1S/C13H16F9NO2/c14-9(13(20,21)22)11(16,17)7-1-2-8(25-7)12(18,19)10(15)23-3-5-24-6-4-23/h7-10H,1-6H2. The summed E-state index contributed by atoms with van der Waals surface area (Å²) >= 11 is 0. The number of hydrogen-bond acceptors (Lipinski definition) is 3. The monoisotopic (exact) mass is 389 g/mol. The summed E-state index contributed by atoms with van der Waals surface area (Å²) in [6.07, 6.45) is -20.2. The highest BCUT2D eigenvalue weighted by Crippen LogP contribution is 2.45. The Balaban J connectivity index is 2.05. The zero-order chi connectivity index (χ0) is 19.0. The zero-order valence-corrected chi connectivity index (χ0v) is 12.7. The van der Waals surface area contributed by atoms with Gasteiger partial charge in [0.1, 0.15) is 12.2 Å². The largest absolute Gasteiger partial charge is 0.425 e. The Labute approximate surface area is 137 Å². The summed E-state index contributed by atoms with van der Waals surface area (Å²) in [5.74, 6) is -9.29. The Morgan fingerprint density at radius 1 is 0.800 bits per heavy atom. The van der Waals surface area contributed by atoms with Gasteiger partial charge in [-0.2, -0.15) is 22.0 Å². The molecule has 2 saturated heterocycles. The van der Waals surface area contributed by atoms with Crippen LogP contribution in [0.25, 0.3) is 0 Å². The van der Waals surface area contributed by atoms with E-state index in [2.05, 4.69) is 4.74 Å². The summed E-state index contributed by atoms with van der Waals surface area (Å²) in [4.78, 5) is 0.728. The number of hydrogen-bond donors (Lipinski definition) is 0. The van der Waals surface area contributed by atoms with Gasteiger partial charge in [0, 0.05) is 13.1 Å². The van der Waals surface area contributed by atoms with Crippen molar-refractivity contribution in [1.29, 1.82) is 0 Å². The van der Waals surface area contributed by atoms with Crippen LogP contribution in [0, 0.1) is 0 Å². The normalized spacial score (nSPS) is 29.6. The number of halogens is 9. The first-order chi connectivity index (χ1) is 11.4. The number of ether oxygens (including phenoxy) is 2. The average Bonchev–Trinajstić information content (AvgIpc) is 3.05. The second-order valence-corrected chi connectivity index (χ2v) is 5.93. The number of alkyl halides is 9. The maximum Gasteiger partial charge on any atom is 0.425 e. The lowest BCUT2D eigenvalue weighted by molar-refractivity contribution is -0.282. The molecule has 0 aromatic carbocycles. The molecule has 148 valence electrons. The molecule has 0 saturated carbocycles. The van der Waals surface area contributed by atoms with Crippen molar-refractivity contribution in [2.45, 2.75) is 55.5 Å². The van der Waals surface area contributed by atoms with Crippen molar-refractivity contribution in [2.75, 3.05) is 26.3 Å². The quantitative estimate of drug-likeness (QED) is 0.532. The van der Waals surface area contributed by atoms with Crippen molar-refractivity contribution in [3.05, 3.63) is 0 Å². The SMILES string of the molecule is FC(N1CCOCC1)C(F)(F)C1CCC(C(F)(F)C(F)C(F)(F)F)O1. The molecule has 25 heavy (non-hydrogen) atoms. The molecule has 2 rings (SSSR count). The van der Waals surface area contributed by atoms with Crippen LogP contribution in [0.4, 0.5) is 39.5 Å². The summed E-state index contributed by atoms with van der Waals surface area (Å²) in [5, 5.41) is 0. The van der Waals surface area contributed by atoms with Crippen molar-refractivity contribution >= 4 is 0 Å². The predicted molar refractivity (Wildman–Crippen MR) is 66.0 cm³/mol. The maximum absolute atomic E-state index is 14.2. The van der Waals surface area contributed by atoms with Crippen molar-refractivity contribution in [2.24, 2.45) is 0 Å². The highest BCUT2D eigenvalue weighted by molar-refractivity contribution is 4.97. The van der Waals surface area contributed by atoms with Crippen LogP contribution in [0.1, 0.15) is 12.8 Å². The molecule has 0 aromatic heterocycles. The predicted octanol–water partition coefficient (Wildman–Crippen LogP) is 3.33. The van der Waals surface area contributed by atoms with Gasteiger partial charge in [0.25, 0.3) is 6.17 Å². The molecule has 2 aliphatic rings. The summed E-state index contributed by atoms with van der Waals surface area (Å²) in [7, 11) is 0. The van der Waals surface area contributed by atoms with Gasteiger partial charge in [-0.05, 0) is 12.8 Å². The summed E-state index contributed by atoms with van der Waals surface area (Å²) in [6, 6.07) is 0. The van der Waals surface area contributed by atoms with Crippen LogP contribution in [0.3, 0.4) is 0 Å². The molecule has 0 amide bonds. The molecule has 3 nitrogen and oxygen atoms in total. The van der Waals surface area contributed by atoms with Gasteiger partial charge in [0.2, 0.25) is 6.30 Å². The fourth-order valence-corrected chi connectivity index (χ4v) is 2.79. The van der Waals surface area contributed by atoms with E-state index in [1.165, 1.54) is 0 Å². The third kappa shape index (κ3) is 4.16. The molecule has 0 radical (unpaired) electrons. The number of nitrogens with zero attached hydrogens (tertiary/aromatic N) is 1. The molecular weight excluding hydrogens is 373 g/mol. The molecule has 0 bridgehead atoms. The Morgan fingerprint density at radius 2 is 1.28 bits per heavy atom. The van der Waals surface area contributed by atoms with E-state index in [4.69, 9.17) is 4.74 Å². The molecule has 0 N–H and O–H groups in total. The van der Waals surface area contributed by atoms with Gasteiger partial charge in [-0.15, -0.1) is 0 Å². The second-order valence-electron chi connectivity index (χ2n) is 5.93. The van der Waals surface area contributed by atoms with Crippen molar-refractivity contribution in [3.63, 3.8) is 0 Å². The van der Waals surface area contributed by atoms with E-state index in [-0.39, 0.29) is 26.3 Å². The highest BCUT2D eigenvalue weighted by atomic mass is 19.4. The molecule has 12 heteroatoms. The maximum atomic E-state index is 14.2. The molecule has 0 spiro atoms. The van der Waals surface area contributed by atoms with Crippen molar-refractivity contribution in [3.8, 4) is 0 Å². The van der Waals surface area contributed by atoms with E-state index in [0.717, 1.165) is 4.90 Å². The topological polar surface area (TPSA) is 21.7 Å². The minimum atomic E-state index is -5.87. The molecule has 2 fully saturated rings. The van der Waals surface area contributed by atoms with E-state index in [1.54, 1.807) is 0 Å². The van der Waals surface area contributed by atoms with Crippen LogP contribution >= 0.6 is 0 Å². The van der Waals surface area contributed by atoms with Crippen molar-refractivity contribution < 1.29 is 49.0 Å². The fourth-order valence-electron chi connectivity index (χ4n) is 2.79. The van der Waals surface area contributed by atoms with E-state index in [0.29, 0.717) is 0 Å². The molecule has 0 aromatic rings. The van der Waals surface area contributed by atoms with Crippen LogP contribution < -0.4 is 0 Å². The smallest absolute Gasteiger partial charge is 0.379 e. The fraction of sp³-hybridized carbons (Fsp3) is 1.00. The lowest BCUT2D eigenvalue weighted by Gasteiger charge is -2.36. The third-order valence-corrected chi connectivity index (χ3v) is 4.19. The Bertz CT molecular complexity index is 453. The molecule has 0 aliphatic carbocycles. The minimum absolute atomic E-state index is 0.00215. The highest BCUT2D eigenvalue weighted by Gasteiger charge is 2.64. The third-order valence-electron chi connectivity index (χ3n) is 4.19. The Kier molecular flexibility index (Phi) is 5.84. The molecule has 2 heterocycles. The summed E-state index contributed by atoms with van der Waals surface area (Å²) in [5.41, 5.74) is 0. The first-order valence-corrected chi connectivity index (χ1v) is 7.46. The van der Waals surface area contributed by atoms with E-state index >= 15 is 0 Å². The Morgan fingerprint density at radius 3 is 1.76 bits per heavy atom. The number of morpholine rings is 1. The molecular formula is C13H16F9NO2. The van der Waals surface area contributed by atoms with E-state index in [1.807, 2.05) is 0 Å². The summed E-state index contributed by atoms with van der Waals surface area (Å²) < 4.78 is 128. The zero-order valence-electron chi connectivity index (χ0n) is 12.7. The molecule has 4 unspecified atom stereocenters. The van der Waals surface area contributed by atoms with Gasteiger partial charge in [-0.25, -0.2) is 17.6 Å². The van der Waals surface area contributed by atoms with E-state index in [9.17, 15) is 39.5 Å². The van der Waals surface area contributed by atoms with Crippen LogP contribution in [0.15, 0.2) is 0 Å². The van der Waals surface area contributed by atoms with Crippen molar-refractivity contribution in [1.82, 2.24) is 4.90 Å². The van der Waals surface area contributed by atoms with Crippen LogP contribution in [-0.2, 0) is 9.47 Å². The molecule has 2 aliphatic heterocycles. The van der Waals surface area contributed by atoms with Gasteiger partial charge in [-0.1, -0.05) is 0 Å². The van der Waals surface area contributed by atoms with E-state index < -0.39 is 55.5 Å². The number of rotatable bonds is 5. The van der Waals surface area contributed by atoms with Crippen LogP contribution in [0.2, 0.25) is 0 Å².